The van der Waals surface area contributed by atoms with Crippen LogP contribution in [0.25, 0.3) is 11.5 Å². The first-order valence-corrected chi connectivity index (χ1v) is 9.12. The maximum absolute atomic E-state index is 12.3. The molecule has 0 spiro atoms. The van der Waals surface area contributed by atoms with E-state index < -0.39 is 11.9 Å². The van der Waals surface area contributed by atoms with Crippen LogP contribution < -0.4 is 10.1 Å². The predicted octanol–water partition coefficient (Wildman–Crippen LogP) is 2.92. The lowest BCUT2D eigenvalue weighted by molar-refractivity contribution is -0.144. The molecule has 0 aliphatic rings. The summed E-state index contributed by atoms with van der Waals surface area (Å²) in [5.41, 5.74) is 2.20. The molecule has 1 aromatic heterocycles. The second-order valence-electron chi connectivity index (χ2n) is 6.14. The second-order valence-corrected chi connectivity index (χ2v) is 6.14. The van der Waals surface area contributed by atoms with Crippen molar-refractivity contribution in [1.82, 2.24) is 15.5 Å². The lowest BCUT2D eigenvalue weighted by Crippen LogP contribution is -2.30. The Labute approximate surface area is 167 Å². The van der Waals surface area contributed by atoms with Crippen LogP contribution in [0.5, 0.6) is 5.75 Å². The highest BCUT2D eigenvalue weighted by Crippen LogP contribution is 2.19. The third kappa shape index (κ3) is 5.41. The summed E-state index contributed by atoms with van der Waals surface area (Å²) in [7, 11) is 0. The fourth-order valence-electron chi connectivity index (χ4n) is 2.58. The SMILES string of the molecule is CCOc1ccccc1C(=O)NCC(=O)OCc1nnc(-c2cccc(C)c2)o1. The largest absolute Gasteiger partial charge is 0.493 e. The molecule has 8 nitrogen and oxygen atoms in total. The van der Waals surface area contributed by atoms with E-state index in [2.05, 4.69) is 15.5 Å². The molecule has 3 rings (SSSR count). The van der Waals surface area contributed by atoms with Gasteiger partial charge in [-0.15, -0.1) is 10.2 Å². The van der Waals surface area contributed by atoms with E-state index in [1.165, 1.54) is 0 Å². The Morgan fingerprint density at radius 2 is 1.93 bits per heavy atom. The van der Waals surface area contributed by atoms with Crippen LogP contribution in [-0.4, -0.2) is 35.2 Å². The number of hydrogen-bond donors (Lipinski definition) is 1. The average molecular weight is 395 g/mol. The third-order valence-corrected chi connectivity index (χ3v) is 3.91. The molecule has 0 aliphatic carbocycles. The number of nitrogens with one attached hydrogen (secondary N) is 1. The van der Waals surface area contributed by atoms with E-state index in [0.29, 0.717) is 23.8 Å². The van der Waals surface area contributed by atoms with Crippen molar-refractivity contribution in [3.8, 4) is 17.2 Å². The van der Waals surface area contributed by atoms with Gasteiger partial charge in [-0.25, -0.2) is 0 Å². The molecule has 0 bridgehead atoms. The summed E-state index contributed by atoms with van der Waals surface area (Å²) in [5, 5.41) is 10.3. The minimum absolute atomic E-state index is 0.169. The average Bonchev–Trinajstić information content (AvgIpc) is 3.20. The molecule has 0 unspecified atom stereocenters. The first-order chi connectivity index (χ1) is 14.1. The number of benzene rings is 2. The smallest absolute Gasteiger partial charge is 0.325 e. The summed E-state index contributed by atoms with van der Waals surface area (Å²) in [4.78, 5) is 24.2. The number of aromatic nitrogens is 2. The van der Waals surface area contributed by atoms with Crippen molar-refractivity contribution >= 4 is 11.9 Å². The maximum Gasteiger partial charge on any atom is 0.325 e. The zero-order chi connectivity index (χ0) is 20.6. The summed E-state index contributed by atoms with van der Waals surface area (Å²) >= 11 is 0. The standard InChI is InChI=1S/C21H21N3O5/c1-3-27-17-10-5-4-9-16(17)20(26)22-12-19(25)28-13-18-23-24-21(29-18)15-8-6-7-14(2)11-15/h4-11H,3,12-13H2,1-2H3,(H,22,26). The second kappa shape index (κ2) is 9.50. The van der Waals surface area contributed by atoms with Crippen molar-refractivity contribution < 1.29 is 23.5 Å². The molecule has 150 valence electrons. The van der Waals surface area contributed by atoms with Gasteiger partial charge in [-0.05, 0) is 38.1 Å². The Kier molecular flexibility index (Phi) is 6.57. The molecule has 0 saturated carbocycles. The summed E-state index contributed by atoms with van der Waals surface area (Å²) < 4.78 is 16.0. The number of hydrogen-bond acceptors (Lipinski definition) is 7. The molecule has 29 heavy (non-hydrogen) atoms. The highest BCUT2D eigenvalue weighted by Gasteiger charge is 2.15. The molecule has 0 aliphatic heterocycles. The number of nitrogens with zero attached hydrogens (tertiary/aromatic N) is 2. The van der Waals surface area contributed by atoms with Gasteiger partial charge in [0.25, 0.3) is 11.8 Å². The Hall–Kier alpha value is -3.68. The lowest BCUT2D eigenvalue weighted by Gasteiger charge is -2.10. The van der Waals surface area contributed by atoms with Gasteiger partial charge in [0.15, 0.2) is 6.61 Å². The molecule has 1 heterocycles. The summed E-state index contributed by atoms with van der Waals surface area (Å²) in [5.74, 6) is -0.0769. The van der Waals surface area contributed by atoms with Gasteiger partial charge in [-0.3, -0.25) is 9.59 Å². The lowest BCUT2D eigenvalue weighted by atomic mass is 10.1. The van der Waals surface area contributed by atoms with Gasteiger partial charge in [0.05, 0.1) is 12.2 Å². The van der Waals surface area contributed by atoms with Crippen LogP contribution in [0, 0.1) is 6.92 Å². The van der Waals surface area contributed by atoms with E-state index >= 15 is 0 Å². The Bertz CT molecular complexity index is 999. The molecule has 0 atom stereocenters. The number of ether oxygens (including phenoxy) is 2. The van der Waals surface area contributed by atoms with E-state index in [0.717, 1.165) is 11.1 Å². The van der Waals surface area contributed by atoms with Crippen LogP contribution in [0.3, 0.4) is 0 Å². The molecule has 1 N–H and O–H groups in total. The molecule has 1 amide bonds. The molecule has 3 aromatic rings. The van der Waals surface area contributed by atoms with Gasteiger partial charge < -0.3 is 19.2 Å². The van der Waals surface area contributed by atoms with E-state index in [9.17, 15) is 9.59 Å². The first-order valence-electron chi connectivity index (χ1n) is 9.12. The van der Waals surface area contributed by atoms with E-state index in [1.807, 2.05) is 38.1 Å². The van der Waals surface area contributed by atoms with Crippen molar-refractivity contribution in [1.29, 1.82) is 0 Å². The Morgan fingerprint density at radius 1 is 1.10 bits per heavy atom. The number of para-hydroxylation sites is 1. The molecule has 0 radical (unpaired) electrons. The predicted molar refractivity (Wildman–Crippen MR) is 104 cm³/mol. The third-order valence-electron chi connectivity index (χ3n) is 3.91. The van der Waals surface area contributed by atoms with Gasteiger partial charge in [0, 0.05) is 5.56 Å². The number of carbonyl (C=O) groups excluding carboxylic acids is 2. The van der Waals surface area contributed by atoms with Crippen molar-refractivity contribution in [2.75, 3.05) is 13.2 Å². The van der Waals surface area contributed by atoms with Crippen LogP contribution in [0.4, 0.5) is 0 Å². The number of esters is 1. The van der Waals surface area contributed by atoms with Crippen LogP contribution >= 0.6 is 0 Å². The van der Waals surface area contributed by atoms with E-state index in [1.54, 1.807) is 24.3 Å². The van der Waals surface area contributed by atoms with Crippen molar-refractivity contribution in [2.45, 2.75) is 20.5 Å². The fraction of sp³-hybridized carbons (Fsp3) is 0.238. The van der Waals surface area contributed by atoms with Crippen LogP contribution in [0.1, 0.15) is 28.7 Å². The molecule has 0 saturated heterocycles. The molecule has 8 heteroatoms. The van der Waals surface area contributed by atoms with Crippen LogP contribution in [-0.2, 0) is 16.1 Å². The van der Waals surface area contributed by atoms with Crippen molar-refractivity contribution in [3.63, 3.8) is 0 Å². The van der Waals surface area contributed by atoms with E-state index in [4.69, 9.17) is 13.9 Å². The summed E-state index contributed by atoms with van der Waals surface area (Å²) in [6, 6.07) is 14.4. The number of amides is 1. The molecule has 2 aromatic carbocycles. The summed E-state index contributed by atoms with van der Waals surface area (Å²) in [6.45, 7) is 3.75. The first kappa shape index (κ1) is 20.1. The van der Waals surface area contributed by atoms with Gasteiger partial charge in [0.1, 0.15) is 12.3 Å². The molecular weight excluding hydrogens is 374 g/mol. The fourth-order valence-corrected chi connectivity index (χ4v) is 2.58. The molecule has 0 fully saturated rings. The van der Waals surface area contributed by atoms with Gasteiger partial charge in [0.2, 0.25) is 5.89 Å². The number of aryl methyl sites for hydroxylation is 1. The van der Waals surface area contributed by atoms with E-state index in [-0.39, 0.29) is 19.0 Å². The van der Waals surface area contributed by atoms with Crippen molar-refractivity contribution in [2.24, 2.45) is 0 Å². The van der Waals surface area contributed by atoms with Gasteiger partial charge in [-0.1, -0.05) is 29.8 Å². The highest BCUT2D eigenvalue weighted by molar-refractivity contribution is 5.98. The minimum atomic E-state index is -0.623. The van der Waals surface area contributed by atoms with Crippen LogP contribution in [0.2, 0.25) is 0 Å². The monoisotopic (exact) mass is 395 g/mol. The van der Waals surface area contributed by atoms with Crippen LogP contribution in [0.15, 0.2) is 52.9 Å². The van der Waals surface area contributed by atoms with Crippen molar-refractivity contribution in [3.05, 3.63) is 65.5 Å². The topological polar surface area (TPSA) is 104 Å². The zero-order valence-electron chi connectivity index (χ0n) is 16.2. The highest BCUT2D eigenvalue weighted by atomic mass is 16.5. The minimum Gasteiger partial charge on any atom is -0.493 e. The Balaban J connectivity index is 1.50. The van der Waals surface area contributed by atoms with Gasteiger partial charge in [-0.2, -0.15) is 0 Å². The molecular formula is C21H21N3O5. The number of carbonyl (C=O) groups is 2. The Morgan fingerprint density at radius 3 is 2.72 bits per heavy atom. The normalized spacial score (nSPS) is 10.4. The van der Waals surface area contributed by atoms with Gasteiger partial charge >= 0.3 is 5.97 Å². The number of rotatable bonds is 8. The summed E-state index contributed by atoms with van der Waals surface area (Å²) in [6.07, 6.45) is 0. The maximum atomic E-state index is 12.3. The quantitative estimate of drug-likeness (QED) is 0.585. The zero-order valence-corrected chi connectivity index (χ0v) is 16.2.